The Balaban J connectivity index is 2.34. The van der Waals surface area contributed by atoms with E-state index in [0.29, 0.717) is 5.92 Å². The molecule has 0 aliphatic heterocycles. The van der Waals surface area contributed by atoms with Crippen LogP contribution in [0.2, 0.25) is 0 Å². The fourth-order valence-corrected chi connectivity index (χ4v) is 1.48. The zero-order valence-corrected chi connectivity index (χ0v) is 10.8. The molecule has 1 rings (SSSR count). The third kappa shape index (κ3) is 4.33. The van der Waals surface area contributed by atoms with E-state index in [-0.39, 0.29) is 0 Å². The van der Waals surface area contributed by atoms with Crippen LogP contribution in [0.4, 0.5) is 0 Å². The Kier molecular flexibility index (Phi) is 5.49. The summed E-state index contributed by atoms with van der Waals surface area (Å²) in [6.07, 6.45) is 0. The van der Waals surface area contributed by atoms with Crippen molar-refractivity contribution in [3.63, 3.8) is 0 Å². The van der Waals surface area contributed by atoms with Crippen molar-refractivity contribution in [1.29, 1.82) is 0 Å². The van der Waals surface area contributed by atoms with E-state index in [2.05, 4.69) is 49.3 Å². The van der Waals surface area contributed by atoms with Gasteiger partial charge in [0.2, 0.25) is 0 Å². The first-order valence-electron chi connectivity index (χ1n) is 5.98. The molecule has 92 valence electrons. The number of nitrogens with one attached hydrogen (secondary N) is 1. The van der Waals surface area contributed by atoms with E-state index in [1.807, 2.05) is 0 Å². The first kappa shape index (κ1) is 13.2. The summed E-state index contributed by atoms with van der Waals surface area (Å²) in [6.45, 7) is 10.3. The Hall–Kier alpha value is -0.870. The van der Waals surface area contributed by atoms with E-state index in [1.165, 1.54) is 0 Å². The smallest absolute Gasteiger partial charge is 0.139 e. The maximum atomic E-state index is 5.26. The Morgan fingerprint density at radius 2 is 2.25 bits per heavy atom. The Labute approximate surface area is 98.0 Å². The van der Waals surface area contributed by atoms with E-state index >= 15 is 0 Å². The third-order valence-corrected chi connectivity index (χ3v) is 2.50. The maximum absolute atomic E-state index is 5.26. The molecule has 1 aromatic rings. The van der Waals surface area contributed by atoms with Crippen LogP contribution in [0.15, 0.2) is 10.6 Å². The minimum Gasteiger partial charge on any atom is -0.361 e. The minimum absolute atomic E-state index is 0.410. The van der Waals surface area contributed by atoms with Crippen LogP contribution in [0.3, 0.4) is 0 Å². The average Bonchev–Trinajstić information content (AvgIpc) is 2.66. The topological polar surface area (TPSA) is 41.3 Å². The first-order valence-corrected chi connectivity index (χ1v) is 5.98. The van der Waals surface area contributed by atoms with Crippen LogP contribution in [0, 0.1) is 0 Å². The van der Waals surface area contributed by atoms with Gasteiger partial charge in [0, 0.05) is 31.6 Å². The van der Waals surface area contributed by atoms with Gasteiger partial charge >= 0.3 is 0 Å². The van der Waals surface area contributed by atoms with E-state index in [0.717, 1.165) is 37.6 Å². The second kappa shape index (κ2) is 6.66. The van der Waals surface area contributed by atoms with Crippen LogP contribution in [-0.4, -0.2) is 36.7 Å². The largest absolute Gasteiger partial charge is 0.361 e. The molecule has 0 amide bonds. The number of likely N-dealkylation sites (N-methyl/N-ethyl adjacent to an activating group) is 2. The number of nitrogens with zero attached hydrogens (tertiary/aromatic N) is 2. The van der Waals surface area contributed by atoms with Gasteiger partial charge in [-0.05, 0) is 13.6 Å². The Bertz CT molecular complexity index is 296. The van der Waals surface area contributed by atoms with Gasteiger partial charge in [-0.25, -0.2) is 0 Å². The Morgan fingerprint density at radius 1 is 1.50 bits per heavy atom. The zero-order chi connectivity index (χ0) is 12.0. The molecule has 1 heterocycles. The van der Waals surface area contributed by atoms with E-state index < -0.39 is 0 Å². The van der Waals surface area contributed by atoms with Crippen LogP contribution >= 0.6 is 0 Å². The molecular formula is C12H23N3O. The summed E-state index contributed by atoms with van der Waals surface area (Å²) in [6, 6.07) is 2.05. The Morgan fingerprint density at radius 3 is 2.81 bits per heavy atom. The summed E-state index contributed by atoms with van der Waals surface area (Å²) in [7, 11) is 2.10. The predicted octanol–water partition coefficient (Wildman–Crippen LogP) is 1.84. The normalized spacial score (nSPS) is 11.6. The number of hydrogen-bond donors (Lipinski definition) is 1. The SMILES string of the molecule is CCNCCN(C)Cc1cc(C(C)C)on1. The summed E-state index contributed by atoms with van der Waals surface area (Å²) in [4.78, 5) is 2.24. The molecule has 0 unspecified atom stereocenters. The van der Waals surface area contributed by atoms with Crippen LogP contribution in [-0.2, 0) is 6.54 Å². The lowest BCUT2D eigenvalue weighted by molar-refractivity contribution is 0.305. The van der Waals surface area contributed by atoms with E-state index in [4.69, 9.17) is 4.52 Å². The van der Waals surface area contributed by atoms with Crippen molar-refractivity contribution in [2.45, 2.75) is 33.2 Å². The highest BCUT2D eigenvalue weighted by atomic mass is 16.5. The molecular weight excluding hydrogens is 202 g/mol. The van der Waals surface area contributed by atoms with Gasteiger partial charge in [0.05, 0.1) is 5.69 Å². The van der Waals surface area contributed by atoms with E-state index in [1.54, 1.807) is 0 Å². The average molecular weight is 225 g/mol. The summed E-state index contributed by atoms with van der Waals surface area (Å²) < 4.78 is 5.26. The van der Waals surface area contributed by atoms with Crippen LogP contribution in [0.5, 0.6) is 0 Å². The van der Waals surface area contributed by atoms with Gasteiger partial charge < -0.3 is 9.84 Å². The summed E-state index contributed by atoms with van der Waals surface area (Å²) in [5, 5.41) is 7.37. The van der Waals surface area contributed by atoms with E-state index in [9.17, 15) is 0 Å². The summed E-state index contributed by atoms with van der Waals surface area (Å²) in [5.41, 5.74) is 1.02. The molecule has 0 bridgehead atoms. The summed E-state index contributed by atoms with van der Waals surface area (Å²) in [5.74, 6) is 1.38. The quantitative estimate of drug-likeness (QED) is 0.719. The van der Waals surface area contributed by atoms with Crippen molar-refractivity contribution in [2.24, 2.45) is 0 Å². The predicted molar refractivity (Wildman–Crippen MR) is 65.5 cm³/mol. The number of hydrogen-bond acceptors (Lipinski definition) is 4. The van der Waals surface area contributed by atoms with Gasteiger partial charge in [-0.15, -0.1) is 0 Å². The fourth-order valence-electron chi connectivity index (χ4n) is 1.48. The fraction of sp³-hybridized carbons (Fsp3) is 0.750. The molecule has 0 radical (unpaired) electrons. The molecule has 0 saturated heterocycles. The van der Waals surface area contributed by atoms with Crippen LogP contribution < -0.4 is 5.32 Å². The molecule has 0 spiro atoms. The van der Waals surface area contributed by atoms with Crippen molar-refractivity contribution < 1.29 is 4.52 Å². The number of rotatable bonds is 7. The van der Waals surface area contributed by atoms with Crippen molar-refractivity contribution in [3.8, 4) is 0 Å². The first-order chi connectivity index (χ1) is 7.63. The second-order valence-electron chi connectivity index (χ2n) is 4.47. The lowest BCUT2D eigenvalue weighted by atomic mass is 10.1. The van der Waals surface area contributed by atoms with Crippen molar-refractivity contribution >= 4 is 0 Å². The standard InChI is InChI=1S/C12H23N3O/c1-5-13-6-7-15(4)9-11-8-12(10(2)3)16-14-11/h8,10,13H,5-7,9H2,1-4H3. The highest BCUT2D eigenvalue weighted by molar-refractivity contribution is 5.08. The molecule has 1 aromatic heterocycles. The monoisotopic (exact) mass is 225 g/mol. The molecule has 0 atom stereocenters. The van der Waals surface area contributed by atoms with Gasteiger partial charge in [0.1, 0.15) is 5.76 Å². The molecule has 4 heteroatoms. The molecule has 0 saturated carbocycles. The molecule has 0 fully saturated rings. The maximum Gasteiger partial charge on any atom is 0.139 e. The molecule has 0 aromatic carbocycles. The van der Waals surface area contributed by atoms with Gasteiger partial charge in [-0.3, -0.25) is 4.90 Å². The molecule has 0 aliphatic carbocycles. The second-order valence-corrected chi connectivity index (χ2v) is 4.47. The molecule has 4 nitrogen and oxygen atoms in total. The van der Waals surface area contributed by atoms with Crippen molar-refractivity contribution in [3.05, 3.63) is 17.5 Å². The number of aromatic nitrogens is 1. The van der Waals surface area contributed by atoms with Gasteiger partial charge in [0.25, 0.3) is 0 Å². The van der Waals surface area contributed by atoms with Gasteiger partial charge in [-0.1, -0.05) is 25.9 Å². The summed E-state index contributed by atoms with van der Waals surface area (Å²) >= 11 is 0. The van der Waals surface area contributed by atoms with Crippen molar-refractivity contribution in [2.75, 3.05) is 26.7 Å². The van der Waals surface area contributed by atoms with Gasteiger partial charge in [-0.2, -0.15) is 0 Å². The third-order valence-electron chi connectivity index (χ3n) is 2.50. The van der Waals surface area contributed by atoms with Crippen LogP contribution in [0.1, 0.15) is 38.1 Å². The lowest BCUT2D eigenvalue weighted by Crippen LogP contribution is -2.28. The van der Waals surface area contributed by atoms with Crippen molar-refractivity contribution in [1.82, 2.24) is 15.4 Å². The zero-order valence-electron chi connectivity index (χ0n) is 10.8. The van der Waals surface area contributed by atoms with Crippen LogP contribution in [0.25, 0.3) is 0 Å². The molecule has 16 heavy (non-hydrogen) atoms. The van der Waals surface area contributed by atoms with Gasteiger partial charge in [0.15, 0.2) is 0 Å². The highest BCUT2D eigenvalue weighted by Gasteiger charge is 2.09. The molecule has 0 aliphatic rings. The molecule has 1 N–H and O–H groups in total. The lowest BCUT2D eigenvalue weighted by Gasteiger charge is -2.14. The minimum atomic E-state index is 0.410. The highest BCUT2D eigenvalue weighted by Crippen LogP contribution is 2.15.